The molecule has 3 amide bonds. The van der Waals surface area contributed by atoms with Gasteiger partial charge in [-0.3, -0.25) is 15.1 Å². The molecular weight excluding hydrogens is 320 g/mol. The van der Waals surface area contributed by atoms with Gasteiger partial charge in [0.05, 0.1) is 0 Å². The standard InChI is InChI=1S/C18H26N4O3/c23-12-7-14-3-5-15(6-4-14)19-17(25)21-20-16(24)13-18-8-1-10-22(18)11-2-9-18/h3-6,23H,1-2,7-13H2,(H,20,24)(H2,19,21,25). The lowest BCUT2D eigenvalue weighted by Crippen LogP contribution is -2.48. The molecule has 1 aromatic carbocycles. The van der Waals surface area contributed by atoms with Crippen LogP contribution in [0.25, 0.3) is 0 Å². The third kappa shape index (κ3) is 4.29. The maximum Gasteiger partial charge on any atom is 0.337 e. The number of benzene rings is 1. The molecule has 0 radical (unpaired) electrons. The van der Waals surface area contributed by atoms with Crippen molar-refractivity contribution in [3.05, 3.63) is 29.8 Å². The number of aliphatic hydroxyl groups excluding tert-OH is 1. The SMILES string of the molecule is O=C(CC12CCCN1CCC2)NNC(=O)Nc1ccc(CCO)cc1. The number of urea groups is 1. The first-order valence-electron chi connectivity index (χ1n) is 8.92. The van der Waals surface area contributed by atoms with Crippen molar-refractivity contribution in [3.8, 4) is 0 Å². The summed E-state index contributed by atoms with van der Waals surface area (Å²) >= 11 is 0. The molecule has 2 saturated heterocycles. The molecule has 2 aliphatic heterocycles. The van der Waals surface area contributed by atoms with Crippen LogP contribution in [-0.4, -0.2) is 47.2 Å². The second-order valence-electron chi connectivity index (χ2n) is 6.89. The molecule has 2 aliphatic rings. The van der Waals surface area contributed by atoms with Gasteiger partial charge in [-0.05, 0) is 62.9 Å². The van der Waals surface area contributed by atoms with Crippen LogP contribution < -0.4 is 16.2 Å². The number of hydrazine groups is 1. The molecule has 0 unspecified atom stereocenters. The van der Waals surface area contributed by atoms with Crippen molar-refractivity contribution >= 4 is 17.6 Å². The maximum absolute atomic E-state index is 12.2. The minimum absolute atomic E-state index is 0.00474. The van der Waals surface area contributed by atoms with Crippen molar-refractivity contribution < 1.29 is 14.7 Å². The van der Waals surface area contributed by atoms with E-state index >= 15 is 0 Å². The number of anilines is 1. The highest BCUT2D eigenvalue weighted by molar-refractivity contribution is 5.91. The zero-order valence-electron chi connectivity index (χ0n) is 14.4. The fraction of sp³-hybridized carbons (Fsp3) is 0.556. The highest BCUT2D eigenvalue weighted by atomic mass is 16.3. The summed E-state index contributed by atoms with van der Waals surface area (Å²) in [5.41, 5.74) is 6.55. The largest absolute Gasteiger partial charge is 0.396 e. The number of amides is 3. The number of carbonyl (C=O) groups is 2. The van der Waals surface area contributed by atoms with Crippen molar-refractivity contribution in [3.63, 3.8) is 0 Å². The van der Waals surface area contributed by atoms with Gasteiger partial charge in [0.1, 0.15) is 0 Å². The molecule has 7 heteroatoms. The van der Waals surface area contributed by atoms with E-state index < -0.39 is 6.03 Å². The minimum atomic E-state index is -0.476. The Morgan fingerprint density at radius 3 is 2.40 bits per heavy atom. The first kappa shape index (κ1) is 17.7. The van der Waals surface area contributed by atoms with Crippen molar-refractivity contribution in [2.45, 2.75) is 44.1 Å². The predicted molar refractivity (Wildman–Crippen MR) is 94.9 cm³/mol. The van der Waals surface area contributed by atoms with Crippen LogP contribution in [0.15, 0.2) is 24.3 Å². The second-order valence-corrected chi connectivity index (χ2v) is 6.89. The normalized spacial score (nSPS) is 18.6. The van der Waals surface area contributed by atoms with Crippen molar-refractivity contribution in [2.24, 2.45) is 0 Å². The molecule has 4 N–H and O–H groups in total. The lowest BCUT2D eigenvalue weighted by molar-refractivity contribution is -0.124. The summed E-state index contributed by atoms with van der Waals surface area (Å²) in [6, 6.07) is 6.74. The van der Waals surface area contributed by atoms with E-state index in [4.69, 9.17) is 5.11 Å². The molecule has 1 aromatic rings. The van der Waals surface area contributed by atoms with Crippen LogP contribution in [0.1, 0.15) is 37.7 Å². The number of rotatable bonds is 5. The van der Waals surface area contributed by atoms with E-state index in [0.29, 0.717) is 18.5 Å². The molecule has 0 aliphatic carbocycles. The summed E-state index contributed by atoms with van der Waals surface area (Å²) in [5, 5.41) is 11.6. The van der Waals surface area contributed by atoms with Crippen molar-refractivity contribution in [1.82, 2.24) is 15.8 Å². The molecule has 2 fully saturated rings. The van der Waals surface area contributed by atoms with Gasteiger partial charge in [0, 0.05) is 24.3 Å². The Hall–Kier alpha value is -2.12. The number of fused-ring (bicyclic) bond motifs is 1. The van der Waals surface area contributed by atoms with E-state index in [1.165, 1.54) is 0 Å². The Labute approximate surface area is 147 Å². The minimum Gasteiger partial charge on any atom is -0.396 e. The van der Waals surface area contributed by atoms with Gasteiger partial charge in [-0.25, -0.2) is 10.2 Å². The quantitative estimate of drug-likeness (QED) is 0.606. The van der Waals surface area contributed by atoms with Gasteiger partial charge >= 0.3 is 6.03 Å². The first-order valence-corrected chi connectivity index (χ1v) is 8.92. The molecular formula is C18H26N4O3. The third-order valence-corrected chi connectivity index (χ3v) is 5.23. The Morgan fingerprint density at radius 1 is 1.08 bits per heavy atom. The summed E-state index contributed by atoms with van der Waals surface area (Å²) in [4.78, 5) is 26.5. The molecule has 0 saturated carbocycles. The highest BCUT2D eigenvalue weighted by Gasteiger charge is 2.45. The van der Waals surface area contributed by atoms with E-state index in [2.05, 4.69) is 21.1 Å². The fourth-order valence-corrected chi connectivity index (χ4v) is 4.03. The second kappa shape index (κ2) is 7.84. The van der Waals surface area contributed by atoms with Gasteiger partial charge in [-0.1, -0.05) is 12.1 Å². The Morgan fingerprint density at radius 2 is 1.76 bits per heavy atom. The molecule has 7 nitrogen and oxygen atoms in total. The van der Waals surface area contributed by atoms with Crippen LogP contribution in [0.5, 0.6) is 0 Å². The lowest BCUT2D eigenvalue weighted by Gasteiger charge is -2.31. The number of hydrogen-bond donors (Lipinski definition) is 4. The van der Waals surface area contributed by atoms with Crippen LogP contribution in [0.2, 0.25) is 0 Å². The summed E-state index contributed by atoms with van der Waals surface area (Å²) in [6.45, 7) is 2.25. The number of hydrogen-bond acceptors (Lipinski definition) is 4. The molecule has 0 spiro atoms. The van der Waals surface area contributed by atoms with Crippen LogP contribution in [0.4, 0.5) is 10.5 Å². The van der Waals surface area contributed by atoms with Crippen LogP contribution in [0, 0.1) is 0 Å². The first-order chi connectivity index (χ1) is 12.1. The maximum atomic E-state index is 12.2. The summed E-state index contributed by atoms with van der Waals surface area (Å²) in [6.07, 6.45) is 5.44. The number of nitrogens with zero attached hydrogens (tertiary/aromatic N) is 1. The monoisotopic (exact) mass is 346 g/mol. The molecule has 0 bridgehead atoms. The van der Waals surface area contributed by atoms with Gasteiger partial charge in [0.2, 0.25) is 5.91 Å². The van der Waals surface area contributed by atoms with Gasteiger partial charge in [-0.15, -0.1) is 0 Å². The fourth-order valence-electron chi connectivity index (χ4n) is 4.03. The van der Waals surface area contributed by atoms with E-state index in [9.17, 15) is 9.59 Å². The smallest absolute Gasteiger partial charge is 0.337 e. The van der Waals surface area contributed by atoms with E-state index in [-0.39, 0.29) is 18.1 Å². The third-order valence-electron chi connectivity index (χ3n) is 5.23. The highest BCUT2D eigenvalue weighted by Crippen LogP contribution is 2.41. The van der Waals surface area contributed by atoms with Crippen molar-refractivity contribution in [2.75, 3.05) is 25.0 Å². The Balaban J connectivity index is 1.43. The van der Waals surface area contributed by atoms with Crippen LogP contribution >= 0.6 is 0 Å². The number of carbonyl (C=O) groups excluding carboxylic acids is 2. The predicted octanol–water partition coefficient (Wildman–Crippen LogP) is 1.39. The zero-order valence-corrected chi connectivity index (χ0v) is 14.4. The Kier molecular flexibility index (Phi) is 5.55. The van der Waals surface area contributed by atoms with E-state index in [1.54, 1.807) is 12.1 Å². The number of aliphatic hydroxyl groups is 1. The van der Waals surface area contributed by atoms with Crippen molar-refractivity contribution in [1.29, 1.82) is 0 Å². The summed E-state index contributed by atoms with van der Waals surface area (Å²) in [7, 11) is 0. The summed E-state index contributed by atoms with van der Waals surface area (Å²) in [5.74, 6) is -0.151. The topological polar surface area (TPSA) is 93.7 Å². The zero-order chi connectivity index (χ0) is 17.7. The average molecular weight is 346 g/mol. The molecule has 25 heavy (non-hydrogen) atoms. The Bertz CT molecular complexity index is 607. The van der Waals surface area contributed by atoms with Gasteiger partial charge < -0.3 is 10.4 Å². The molecule has 2 heterocycles. The number of nitrogens with one attached hydrogen (secondary N) is 3. The van der Waals surface area contributed by atoms with Crippen LogP contribution in [-0.2, 0) is 11.2 Å². The molecule has 3 rings (SSSR count). The summed E-state index contributed by atoms with van der Waals surface area (Å²) < 4.78 is 0. The van der Waals surface area contributed by atoms with E-state index in [0.717, 1.165) is 44.3 Å². The van der Waals surface area contributed by atoms with Gasteiger partial charge in [-0.2, -0.15) is 0 Å². The van der Waals surface area contributed by atoms with Gasteiger partial charge in [0.15, 0.2) is 0 Å². The lowest BCUT2D eigenvalue weighted by atomic mass is 9.90. The van der Waals surface area contributed by atoms with Gasteiger partial charge in [0.25, 0.3) is 0 Å². The average Bonchev–Trinajstić information content (AvgIpc) is 3.14. The molecule has 0 aromatic heterocycles. The van der Waals surface area contributed by atoms with E-state index in [1.807, 2.05) is 12.1 Å². The molecule has 136 valence electrons. The van der Waals surface area contributed by atoms with Crippen LogP contribution in [0.3, 0.4) is 0 Å². The molecule has 0 atom stereocenters.